The van der Waals surface area contributed by atoms with Crippen molar-refractivity contribution in [1.29, 1.82) is 0 Å². The van der Waals surface area contributed by atoms with Gasteiger partial charge in [0.25, 0.3) is 0 Å². The van der Waals surface area contributed by atoms with Crippen LogP contribution in [0.15, 0.2) is 0 Å². The maximum Gasteiger partial charge on any atom is 0.221 e. The highest BCUT2D eigenvalue weighted by atomic mass is 16.5. The number of nitrogens with zero attached hydrogens (tertiary/aromatic N) is 2. The fraction of sp³-hybridized carbons (Fsp3) is 0.556. The Morgan fingerprint density at radius 2 is 2.07 bits per heavy atom. The standard InChI is InChI=1S/C9H16N4O/c1-4-7-11-8(13-10)6(3)9(12-7)14-5-2/h4-5,10H2,1-3H3,(H,11,12,13). The number of aryl methyl sites for hydroxylation is 1. The molecular weight excluding hydrogens is 180 g/mol. The van der Waals surface area contributed by atoms with Gasteiger partial charge in [-0.1, -0.05) is 6.92 Å². The second kappa shape index (κ2) is 4.76. The van der Waals surface area contributed by atoms with Gasteiger partial charge in [-0.3, -0.25) is 0 Å². The first-order valence-corrected chi connectivity index (χ1v) is 4.69. The Labute approximate surface area is 83.7 Å². The maximum absolute atomic E-state index is 5.37. The fourth-order valence-corrected chi connectivity index (χ4v) is 1.12. The van der Waals surface area contributed by atoms with Crippen LogP contribution in [-0.2, 0) is 6.42 Å². The van der Waals surface area contributed by atoms with Gasteiger partial charge < -0.3 is 10.2 Å². The number of anilines is 1. The molecule has 14 heavy (non-hydrogen) atoms. The van der Waals surface area contributed by atoms with E-state index in [0.717, 1.165) is 17.8 Å². The van der Waals surface area contributed by atoms with E-state index in [1.165, 1.54) is 0 Å². The molecule has 0 saturated carbocycles. The maximum atomic E-state index is 5.37. The van der Waals surface area contributed by atoms with Gasteiger partial charge in [-0.05, 0) is 13.8 Å². The lowest BCUT2D eigenvalue weighted by Gasteiger charge is -2.10. The topological polar surface area (TPSA) is 73.1 Å². The predicted molar refractivity (Wildman–Crippen MR) is 55.1 cm³/mol. The zero-order chi connectivity index (χ0) is 10.6. The molecule has 1 aromatic heterocycles. The first kappa shape index (κ1) is 10.7. The summed E-state index contributed by atoms with van der Waals surface area (Å²) in [7, 11) is 0. The van der Waals surface area contributed by atoms with Crippen molar-refractivity contribution in [2.75, 3.05) is 12.0 Å². The molecule has 1 aromatic rings. The molecule has 1 rings (SSSR count). The summed E-state index contributed by atoms with van der Waals surface area (Å²) in [6.45, 7) is 6.37. The van der Waals surface area contributed by atoms with Crippen LogP contribution in [0, 0.1) is 6.92 Å². The molecule has 5 heteroatoms. The Morgan fingerprint density at radius 3 is 2.57 bits per heavy atom. The summed E-state index contributed by atoms with van der Waals surface area (Å²) in [6.07, 6.45) is 0.759. The average Bonchev–Trinajstić information content (AvgIpc) is 2.21. The molecule has 0 saturated heterocycles. The van der Waals surface area contributed by atoms with E-state index in [-0.39, 0.29) is 0 Å². The van der Waals surface area contributed by atoms with Crippen molar-refractivity contribution in [1.82, 2.24) is 9.97 Å². The summed E-state index contributed by atoms with van der Waals surface area (Å²) >= 11 is 0. The molecule has 1 heterocycles. The Hall–Kier alpha value is -1.36. The average molecular weight is 196 g/mol. The molecular formula is C9H16N4O. The monoisotopic (exact) mass is 196 g/mol. The molecule has 0 aliphatic rings. The summed E-state index contributed by atoms with van der Waals surface area (Å²) in [5.41, 5.74) is 3.38. The van der Waals surface area contributed by atoms with Crippen LogP contribution < -0.4 is 16.0 Å². The van der Waals surface area contributed by atoms with Gasteiger partial charge in [-0.25, -0.2) is 10.8 Å². The van der Waals surface area contributed by atoms with Crippen molar-refractivity contribution in [3.63, 3.8) is 0 Å². The zero-order valence-corrected chi connectivity index (χ0v) is 8.79. The highest BCUT2D eigenvalue weighted by Crippen LogP contribution is 2.21. The normalized spacial score (nSPS) is 10.0. The van der Waals surface area contributed by atoms with E-state index in [4.69, 9.17) is 10.6 Å². The van der Waals surface area contributed by atoms with Crippen molar-refractivity contribution < 1.29 is 4.74 Å². The Bertz CT molecular complexity index is 314. The zero-order valence-electron chi connectivity index (χ0n) is 8.79. The molecule has 78 valence electrons. The van der Waals surface area contributed by atoms with E-state index in [1.54, 1.807) is 0 Å². The summed E-state index contributed by atoms with van der Waals surface area (Å²) in [4.78, 5) is 8.49. The number of hydrazine groups is 1. The van der Waals surface area contributed by atoms with Crippen molar-refractivity contribution in [3.8, 4) is 5.88 Å². The van der Waals surface area contributed by atoms with Crippen LogP contribution in [-0.4, -0.2) is 16.6 Å². The minimum atomic E-state index is 0.588. The number of ether oxygens (including phenoxy) is 1. The second-order valence-electron chi connectivity index (χ2n) is 2.85. The molecule has 0 aliphatic carbocycles. The van der Waals surface area contributed by atoms with Crippen LogP contribution in [0.4, 0.5) is 5.82 Å². The van der Waals surface area contributed by atoms with E-state index in [0.29, 0.717) is 18.3 Å². The summed E-state index contributed by atoms with van der Waals surface area (Å²) in [6, 6.07) is 0. The van der Waals surface area contributed by atoms with E-state index in [9.17, 15) is 0 Å². The number of hydrogen-bond acceptors (Lipinski definition) is 5. The Kier molecular flexibility index (Phi) is 3.64. The van der Waals surface area contributed by atoms with Crippen LogP contribution in [0.2, 0.25) is 0 Å². The third-order valence-corrected chi connectivity index (χ3v) is 1.88. The SMILES string of the molecule is CCOc1nc(CC)nc(NN)c1C. The van der Waals surface area contributed by atoms with E-state index in [1.807, 2.05) is 20.8 Å². The Balaban J connectivity index is 3.12. The number of nitrogens with one attached hydrogen (secondary N) is 1. The summed E-state index contributed by atoms with van der Waals surface area (Å²) < 4.78 is 5.37. The number of hydrogen-bond donors (Lipinski definition) is 2. The molecule has 0 radical (unpaired) electrons. The highest BCUT2D eigenvalue weighted by molar-refractivity contribution is 5.47. The minimum Gasteiger partial charge on any atom is -0.478 e. The Morgan fingerprint density at radius 1 is 1.36 bits per heavy atom. The predicted octanol–water partition coefficient (Wildman–Crippen LogP) is 1.03. The molecule has 0 spiro atoms. The van der Waals surface area contributed by atoms with E-state index in [2.05, 4.69) is 15.4 Å². The van der Waals surface area contributed by atoms with Crippen molar-refractivity contribution in [2.45, 2.75) is 27.2 Å². The van der Waals surface area contributed by atoms with Crippen molar-refractivity contribution >= 4 is 5.82 Å². The molecule has 0 fully saturated rings. The number of rotatable bonds is 4. The van der Waals surface area contributed by atoms with Gasteiger partial charge in [0.1, 0.15) is 11.6 Å². The molecule has 5 nitrogen and oxygen atoms in total. The van der Waals surface area contributed by atoms with Gasteiger partial charge in [-0.2, -0.15) is 4.98 Å². The molecule has 0 bridgehead atoms. The highest BCUT2D eigenvalue weighted by Gasteiger charge is 2.09. The van der Waals surface area contributed by atoms with Crippen LogP contribution in [0.25, 0.3) is 0 Å². The molecule has 0 unspecified atom stereocenters. The number of nitrogens with two attached hydrogens (primary N) is 1. The fourth-order valence-electron chi connectivity index (χ4n) is 1.12. The first-order valence-electron chi connectivity index (χ1n) is 4.69. The molecule has 0 amide bonds. The molecule has 0 aromatic carbocycles. The van der Waals surface area contributed by atoms with Gasteiger partial charge in [-0.15, -0.1) is 0 Å². The van der Waals surface area contributed by atoms with Gasteiger partial charge in [0.15, 0.2) is 0 Å². The van der Waals surface area contributed by atoms with Gasteiger partial charge in [0.2, 0.25) is 5.88 Å². The lowest BCUT2D eigenvalue weighted by molar-refractivity contribution is 0.322. The van der Waals surface area contributed by atoms with Crippen LogP contribution in [0.3, 0.4) is 0 Å². The second-order valence-corrected chi connectivity index (χ2v) is 2.85. The van der Waals surface area contributed by atoms with Crippen LogP contribution >= 0.6 is 0 Å². The van der Waals surface area contributed by atoms with Crippen LogP contribution in [0.1, 0.15) is 25.2 Å². The molecule has 0 aliphatic heterocycles. The van der Waals surface area contributed by atoms with E-state index < -0.39 is 0 Å². The third-order valence-electron chi connectivity index (χ3n) is 1.88. The van der Waals surface area contributed by atoms with Crippen LogP contribution in [0.5, 0.6) is 5.88 Å². The van der Waals surface area contributed by atoms with Gasteiger partial charge in [0.05, 0.1) is 12.2 Å². The lowest BCUT2D eigenvalue weighted by Crippen LogP contribution is -2.13. The quantitative estimate of drug-likeness (QED) is 0.556. The van der Waals surface area contributed by atoms with Crippen molar-refractivity contribution in [2.24, 2.45) is 5.84 Å². The minimum absolute atomic E-state index is 0.588. The smallest absolute Gasteiger partial charge is 0.221 e. The van der Waals surface area contributed by atoms with Crippen molar-refractivity contribution in [3.05, 3.63) is 11.4 Å². The summed E-state index contributed by atoms with van der Waals surface area (Å²) in [5.74, 6) is 7.30. The third kappa shape index (κ3) is 2.11. The number of aromatic nitrogens is 2. The number of nitrogen functional groups attached to an aromatic ring is 1. The first-order chi connectivity index (χ1) is 6.72. The molecule has 0 atom stereocenters. The molecule has 3 N–H and O–H groups in total. The largest absolute Gasteiger partial charge is 0.478 e. The van der Waals surface area contributed by atoms with E-state index >= 15 is 0 Å². The van der Waals surface area contributed by atoms with Gasteiger partial charge >= 0.3 is 0 Å². The van der Waals surface area contributed by atoms with Gasteiger partial charge in [0, 0.05) is 6.42 Å². The summed E-state index contributed by atoms with van der Waals surface area (Å²) in [5, 5.41) is 0. The lowest BCUT2D eigenvalue weighted by atomic mass is 10.3.